The van der Waals surface area contributed by atoms with Crippen LogP contribution in [0.25, 0.3) is 6.08 Å². The number of para-hydroxylation sites is 1. The molecule has 0 saturated carbocycles. The van der Waals surface area contributed by atoms with E-state index in [1.165, 1.54) is 24.3 Å². The van der Waals surface area contributed by atoms with Crippen molar-refractivity contribution in [2.45, 2.75) is 13.3 Å². The maximum Gasteiger partial charge on any atom is 0.270 e. The van der Waals surface area contributed by atoms with Crippen LogP contribution in [0.2, 0.25) is 0 Å². The van der Waals surface area contributed by atoms with Gasteiger partial charge in [-0.05, 0) is 67.0 Å². The van der Waals surface area contributed by atoms with Crippen molar-refractivity contribution >= 4 is 40.9 Å². The van der Waals surface area contributed by atoms with E-state index in [0.29, 0.717) is 24.3 Å². The van der Waals surface area contributed by atoms with Gasteiger partial charge < -0.3 is 4.74 Å². The molecule has 1 saturated heterocycles. The zero-order chi connectivity index (χ0) is 21.0. The number of carbonyl (C=O) groups excluding carboxylic acids is 2. The molecule has 1 aliphatic heterocycles. The molecule has 3 rings (SSSR count). The predicted octanol–water partition coefficient (Wildman–Crippen LogP) is 3.78. The van der Waals surface area contributed by atoms with E-state index in [2.05, 4.69) is 11.9 Å². The number of anilines is 1. The normalized spacial score (nSPS) is 15.4. The molecule has 0 radical (unpaired) electrons. The highest BCUT2D eigenvalue weighted by Crippen LogP contribution is 2.26. The third-order valence-electron chi connectivity index (χ3n) is 4.25. The van der Waals surface area contributed by atoms with Crippen LogP contribution in [0.4, 0.5) is 10.1 Å². The van der Waals surface area contributed by atoms with Crippen molar-refractivity contribution in [1.29, 1.82) is 0 Å². The summed E-state index contributed by atoms with van der Waals surface area (Å²) in [6, 6.07) is 11.1. The van der Waals surface area contributed by atoms with Gasteiger partial charge in [0.15, 0.2) is 5.11 Å². The fourth-order valence-corrected chi connectivity index (χ4v) is 3.25. The van der Waals surface area contributed by atoms with Crippen LogP contribution in [-0.4, -0.2) is 23.5 Å². The van der Waals surface area contributed by atoms with Crippen LogP contribution in [-0.2, 0) is 16.0 Å². The number of nitrogens with one attached hydrogen (secondary N) is 1. The van der Waals surface area contributed by atoms with Crippen LogP contribution in [0.1, 0.15) is 18.1 Å². The highest BCUT2D eigenvalue weighted by Gasteiger charge is 2.35. The number of amides is 2. The third-order valence-corrected chi connectivity index (χ3v) is 4.54. The Kier molecular flexibility index (Phi) is 6.19. The van der Waals surface area contributed by atoms with Gasteiger partial charge in [-0.15, -0.1) is 6.58 Å². The Hall–Kier alpha value is -3.32. The molecule has 2 aromatic carbocycles. The first kappa shape index (κ1) is 20.4. The molecular weight excluding hydrogens is 391 g/mol. The number of thiocarbonyl (C=S) groups is 1. The summed E-state index contributed by atoms with van der Waals surface area (Å²) in [5, 5.41) is 2.28. The molecule has 1 heterocycles. The molecule has 0 bridgehead atoms. The van der Waals surface area contributed by atoms with Gasteiger partial charge in [-0.3, -0.25) is 14.9 Å². The number of halogens is 1. The first-order valence-corrected chi connectivity index (χ1v) is 9.39. The molecule has 0 atom stereocenters. The summed E-state index contributed by atoms with van der Waals surface area (Å²) in [5.74, 6) is -1.23. The van der Waals surface area contributed by atoms with Crippen molar-refractivity contribution in [3.63, 3.8) is 0 Å². The van der Waals surface area contributed by atoms with E-state index in [1.807, 2.05) is 13.0 Å². The first-order valence-electron chi connectivity index (χ1n) is 8.98. The number of ether oxygens (including phenoxy) is 1. The molecule has 1 fully saturated rings. The van der Waals surface area contributed by atoms with Crippen LogP contribution in [0, 0.1) is 5.82 Å². The lowest BCUT2D eigenvalue weighted by Gasteiger charge is -2.29. The SMILES string of the molecule is C=CCc1cc(/C=C2\C(=O)NC(=S)N(c3ccccc3F)C2=O)ccc1OCC. The topological polar surface area (TPSA) is 58.6 Å². The molecular formula is C22H19FN2O3S. The van der Waals surface area contributed by atoms with E-state index in [4.69, 9.17) is 17.0 Å². The van der Waals surface area contributed by atoms with Crippen LogP contribution in [0.15, 0.2) is 60.7 Å². The molecule has 29 heavy (non-hydrogen) atoms. The molecule has 1 N–H and O–H groups in total. The number of allylic oxidation sites excluding steroid dienone is 1. The second-order valence-corrected chi connectivity index (χ2v) is 6.59. The lowest BCUT2D eigenvalue weighted by atomic mass is 10.0. The zero-order valence-corrected chi connectivity index (χ0v) is 16.6. The van der Waals surface area contributed by atoms with Crippen LogP contribution in [0.5, 0.6) is 5.75 Å². The van der Waals surface area contributed by atoms with E-state index in [1.54, 1.807) is 24.3 Å². The molecule has 0 unspecified atom stereocenters. The first-order chi connectivity index (χ1) is 14.0. The standard InChI is InChI=1S/C22H19FN2O3S/c1-3-7-15-12-14(10-11-19(15)28-4-2)13-16-20(26)24-22(29)25(21(16)27)18-9-6-5-8-17(18)23/h3,5-6,8-13H,1,4,7H2,2H3,(H,24,26,29)/b16-13+. The zero-order valence-electron chi connectivity index (χ0n) is 15.8. The van der Waals surface area contributed by atoms with Gasteiger partial charge >= 0.3 is 0 Å². The maximum absolute atomic E-state index is 14.2. The van der Waals surface area contributed by atoms with Crippen LogP contribution in [0.3, 0.4) is 0 Å². The van der Waals surface area contributed by atoms with Gasteiger partial charge in [-0.2, -0.15) is 0 Å². The molecule has 0 aromatic heterocycles. The van der Waals surface area contributed by atoms with E-state index in [-0.39, 0.29) is 16.4 Å². The molecule has 1 aliphatic rings. The Balaban J connectivity index is 2.02. The summed E-state index contributed by atoms with van der Waals surface area (Å²) in [7, 11) is 0. The van der Waals surface area contributed by atoms with Gasteiger partial charge in [0.1, 0.15) is 17.1 Å². The van der Waals surface area contributed by atoms with E-state index < -0.39 is 17.6 Å². The Morgan fingerprint density at radius 3 is 2.69 bits per heavy atom. The van der Waals surface area contributed by atoms with Gasteiger partial charge in [0, 0.05) is 0 Å². The molecule has 2 aromatic rings. The van der Waals surface area contributed by atoms with Crippen molar-refractivity contribution in [3.05, 3.63) is 77.6 Å². The monoisotopic (exact) mass is 410 g/mol. The molecule has 0 spiro atoms. The van der Waals surface area contributed by atoms with Crippen LogP contribution >= 0.6 is 12.2 Å². The fraction of sp³-hybridized carbons (Fsp3) is 0.136. The molecule has 0 aliphatic carbocycles. The molecule has 2 amide bonds. The lowest BCUT2D eigenvalue weighted by Crippen LogP contribution is -2.54. The van der Waals surface area contributed by atoms with Gasteiger partial charge in [0.25, 0.3) is 11.8 Å². The Bertz CT molecular complexity index is 1030. The molecule has 148 valence electrons. The summed E-state index contributed by atoms with van der Waals surface area (Å²) in [6.07, 6.45) is 3.76. The van der Waals surface area contributed by atoms with Gasteiger partial charge in [-0.25, -0.2) is 9.29 Å². The number of carbonyl (C=O) groups is 2. The number of benzene rings is 2. The molecule has 7 heteroatoms. The number of rotatable bonds is 6. The summed E-state index contributed by atoms with van der Waals surface area (Å²) in [5.41, 5.74) is 1.34. The van der Waals surface area contributed by atoms with E-state index in [9.17, 15) is 14.0 Å². The minimum atomic E-state index is -0.692. The van der Waals surface area contributed by atoms with Crippen molar-refractivity contribution in [2.24, 2.45) is 0 Å². The Morgan fingerprint density at radius 2 is 2.00 bits per heavy atom. The van der Waals surface area contributed by atoms with Crippen molar-refractivity contribution < 1.29 is 18.7 Å². The van der Waals surface area contributed by atoms with Crippen molar-refractivity contribution in [3.8, 4) is 5.75 Å². The summed E-state index contributed by atoms with van der Waals surface area (Å²) < 4.78 is 19.8. The second-order valence-electron chi connectivity index (χ2n) is 6.20. The van der Waals surface area contributed by atoms with Crippen molar-refractivity contribution in [2.75, 3.05) is 11.5 Å². The largest absolute Gasteiger partial charge is 0.494 e. The van der Waals surface area contributed by atoms with Crippen molar-refractivity contribution in [1.82, 2.24) is 5.32 Å². The van der Waals surface area contributed by atoms with Gasteiger partial charge in [-0.1, -0.05) is 24.3 Å². The van der Waals surface area contributed by atoms with E-state index >= 15 is 0 Å². The number of hydrogen-bond acceptors (Lipinski definition) is 4. The summed E-state index contributed by atoms with van der Waals surface area (Å²) >= 11 is 5.09. The summed E-state index contributed by atoms with van der Waals surface area (Å²) in [4.78, 5) is 26.4. The van der Waals surface area contributed by atoms with Gasteiger partial charge in [0.2, 0.25) is 0 Å². The third kappa shape index (κ3) is 4.25. The molecule has 5 nitrogen and oxygen atoms in total. The van der Waals surface area contributed by atoms with Crippen LogP contribution < -0.4 is 15.0 Å². The maximum atomic E-state index is 14.2. The minimum Gasteiger partial charge on any atom is -0.494 e. The highest BCUT2D eigenvalue weighted by molar-refractivity contribution is 7.80. The average Bonchev–Trinajstić information content (AvgIpc) is 2.68. The minimum absolute atomic E-state index is 0.0209. The van der Waals surface area contributed by atoms with E-state index in [0.717, 1.165) is 10.5 Å². The van der Waals surface area contributed by atoms with Gasteiger partial charge in [0.05, 0.1) is 12.3 Å². The fourth-order valence-electron chi connectivity index (χ4n) is 2.98. The predicted molar refractivity (Wildman–Crippen MR) is 114 cm³/mol. The Labute approximate surface area is 173 Å². The number of nitrogens with zero attached hydrogens (tertiary/aromatic N) is 1. The quantitative estimate of drug-likeness (QED) is 0.341. The Morgan fingerprint density at radius 1 is 1.24 bits per heavy atom. The highest BCUT2D eigenvalue weighted by atomic mass is 32.1. The lowest BCUT2D eigenvalue weighted by molar-refractivity contribution is -0.122. The second kappa shape index (κ2) is 8.79. The number of hydrogen-bond donors (Lipinski definition) is 1. The smallest absolute Gasteiger partial charge is 0.270 e. The average molecular weight is 410 g/mol. The summed E-state index contributed by atoms with van der Waals surface area (Å²) in [6.45, 7) is 6.14.